The molecule has 2 atom stereocenters. The van der Waals surface area contributed by atoms with Crippen molar-refractivity contribution in [2.24, 2.45) is 11.8 Å². The Kier molecular flexibility index (Phi) is 1.03. The lowest BCUT2D eigenvalue weighted by atomic mass is 10.1. The van der Waals surface area contributed by atoms with Gasteiger partial charge in [-0.15, -0.1) is 0 Å². The van der Waals surface area contributed by atoms with Crippen molar-refractivity contribution in [3.8, 4) is 0 Å². The summed E-state index contributed by atoms with van der Waals surface area (Å²) in [6.45, 7) is 4.02. The van der Waals surface area contributed by atoms with Gasteiger partial charge in [-0.25, -0.2) is 0 Å². The van der Waals surface area contributed by atoms with Crippen LogP contribution in [0.25, 0.3) is 0 Å². The van der Waals surface area contributed by atoms with Crippen molar-refractivity contribution in [2.75, 3.05) is 0 Å². The van der Waals surface area contributed by atoms with Crippen molar-refractivity contribution >= 4 is 11.7 Å². The molecule has 2 rings (SSSR count). The van der Waals surface area contributed by atoms with E-state index in [-0.39, 0.29) is 18.1 Å². The van der Waals surface area contributed by atoms with Crippen molar-refractivity contribution in [1.29, 1.82) is 0 Å². The Morgan fingerprint density at radius 2 is 1.91 bits per heavy atom. The van der Waals surface area contributed by atoms with E-state index in [4.69, 9.17) is 0 Å². The molecule has 1 N–H and O–H groups in total. The molecular formula is C8H11NO2. The second-order valence-electron chi connectivity index (χ2n) is 3.59. The Morgan fingerprint density at radius 1 is 1.36 bits per heavy atom. The third-order valence-electron chi connectivity index (χ3n) is 3.21. The highest BCUT2D eigenvalue weighted by Gasteiger charge is 2.67. The fourth-order valence-corrected chi connectivity index (χ4v) is 2.15. The maximum atomic E-state index is 11.3. The molecule has 1 amide bonds. The van der Waals surface area contributed by atoms with E-state index >= 15 is 0 Å². The maximum absolute atomic E-state index is 11.3. The molecule has 0 bridgehead atoms. The standard InChI is InChI=1S/C8H11NO2/c1-4-5(2)8(4)6(10)3-7(11)9-8/h4-5H,3H2,1-2H3,(H,9,11). The van der Waals surface area contributed by atoms with Crippen LogP contribution in [0.2, 0.25) is 0 Å². The van der Waals surface area contributed by atoms with E-state index in [2.05, 4.69) is 5.32 Å². The Balaban J connectivity index is 2.30. The molecule has 0 aromatic rings. The number of nitrogens with one attached hydrogen (secondary N) is 1. The van der Waals surface area contributed by atoms with Gasteiger partial charge in [-0.3, -0.25) is 9.59 Å². The Hall–Kier alpha value is -0.860. The number of carbonyl (C=O) groups is 2. The normalized spacial score (nSPS) is 48.2. The molecule has 2 fully saturated rings. The lowest BCUT2D eigenvalue weighted by Crippen LogP contribution is -2.34. The first-order valence-corrected chi connectivity index (χ1v) is 3.93. The van der Waals surface area contributed by atoms with Crippen molar-refractivity contribution in [3.63, 3.8) is 0 Å². The summed E-state index contributed by atoms with van der Waals surface area (Å²) in [5, 5.41) is 2.77. The molecule has 1 aliphatic heterocycles. The highest BCUT2D eigenvalue weighted by atomic mass is 16.2. The summed E-state index contributed by atoms with van der Waals surface area (Å²) in [6, 6.07) is 0. The lowest BCUT2D eigenvalue weighted by Gasteiger charge is -2.05. The quantitative estimate of drug-likeness (QED) is 0.502. The van der Waals surface area contributed by atoms with Crippen LogP contribution in [0.1, 0.15) is 20.3 Å². The molecule has 1 saturated carbocycles. The van der Waals surface area contributed by atoms with Crippen LogP contribution in [0.15, 0.2) is 0 Å². The molecule has 3 heteroatoms. The number of Topliss-reactive ketones (excluding diaryl/α,β-unsaturated/α-hetero) is 1. The molecule has 3 nitrogen and oxygen atoms in total. The summed E-state index contributed by atoms with van der Waals surface area (Å²) >= 11 is 0. The van der Waals surface area contributed by atoms with Gasteiger partial charge in [0.2, 0.25) is 5.91 Å². The minimum absolute atomic E-state index is 0.0856. The van der Waals surface area contributed by atoms with E-state index in [1.807, 2.05) is 13.8 Å². The van der Waals surface area contributed by atoms with E-state index in [0.717, 1.165) is 0 Å². The van der Waals surface area contributed by atoms with Gasteiger partial charge in [0, 0.05) is 0 Å². The van der Waals surface area contributed by atoms with Crippen molar-refractivity contribution < 1.29 is 9.59 Å². The topological polar surface area (TPSA) is 46.2 Å². The molecule has 0 aromatic carbocycles. The predicted octanol–water partition coefficient (Wildman–Crippen LogP) is 0.1000. The summed E-state index contributed by atoms with van der Waals surface area (Å²) in [5.74, 6) is 0.650. The van der Waals surface area contributed by atoms with Crippen LogP contribution in [0, 0.1) is 11.8 Å². The van der Waals surface area contributed by atoms with E-state index in [1.54, 1.807) is 0 Å². The SMILES string of the molecule is CC1C(C)C12NC(=O)CC2=O. The fraction of sp³-hybridized carbons (Fsp3) is 0.750. The second kappa shape index (κ2) is 1.65. The summed E-state index contributed by atoms with van der Waals surface area (Å²) in [7, 11) is 0. The Labute approximate surface area is 65.2 Å². The van der Waals surface area contributed by atoms with Crippen LogP contribution in [0.3, 0.4) is 0 Å². The highest BCUT2D eigenvalue weighted by molar-refractivity contribution is 6.12. The first-order valence-electron chi connectivity index (χ1n) is 3.93. The molecule has 0 radical (unpaired) electrons. The maximum Gasteiger partial charge on any atom is 0.228 e. The first-order chi connectivity index (χ1) is 5.09. The van der Waals surface area contributed by atoms with Crippen LogP contribution in [-0.2, 0) is 9.59 Å². The zero-order chi connectivity index (χ0) is 8.22. The summed E-state index contributed by atoms with van der Waals surface area (Å²) < 4.78 is 0. The van der Waals surface area contributed by atoms with Gasteiger partial charge >= 0.3 is 0 Å². The number of amides is 1. The van der Waals surface area contributed by atoms with Gasteiger partial charge in [0.05, 0.1) is 6.42 Å². The smallest absolute Gasteiger partial charge is 0.228 e. The Morgan fingerprint density at radius 3 is 2.09 bits per heavy atom. The lowest BCUT2D eigenvalue weighted by molar-refractivity contribution is -0.122. The Bertz CT molecular complexity index is 238. The molecule has 2 unspecified atom stereocenters. The van der Waals surface area contributed by atoms with E-state index in [9.17, 15) is 9.59 Å². The fourth-order valence-electron chi connectivity index (χ4n) is 2.15. The summed E-state index contributed by atoms with van der Waals surface area (Å²) in [5.41, 5.74) is -0.447. The number of hydrogen-bond donors (Lipinski definition) is 1. The molecule has 0 aromatic heterocycles. The van der Waals surface area contributed by atoms with Crippen LogP contribution >= 0.6 is 0 Å². The number of hydrogen-bond acceptors (Lipinski definition) is 2. The second-order valence-corrected chi connectivity index (χ2v) is 3.59. The zero-order valence-corrected chi connectivity index (χ0v) is 6.68. The van der Waals surface area contributed by atoms with Crippen molar-refractivity contribution in [1.82, 2.24) is 5.32 Å². The van der Waals surface area contributed by atoms with E-state index in [0.29, 0.717) is 11.8 Å². The predicted molar refractivity (Wildman–Crippen MR) is 38.8 cm³/mol. The number of rotatable bonds is 0. The summed E-state index contributed by atoms with van der Waals surface area (Å²) in [4.78, 5) is 22.2. The van der Waals surface area contributed by atoms with Crippen molar-refractivity contribution in [3.05, 3.63) is 0 Å². The minimum Gasteiger partial charge on any atom is -0.343 e. The molecule has 1 heterocycles. The zero-order valence-electron chi connectivity index (χ0n) is 6.68. The van der Waals surface area contributed by atoms with Crippen LogP contribution in [0.5, 0.6) is 0 Å². The summed E-state index contributed by atoms with van der Waals surface area (Å²) in [6.07, 6.45) is 0.0919. The van der Waals surface area contributed by atoms with Gasteiger partial charge in [0.25, 0.3) is 0 Å². The van der Waals surface area contributed by atoms with E-state index in [1.165, 1.54) is 0 Å². The van der Waals surface area contributed by atoms with Crippen molar-refractivity contribution in [2.45, 2.75) is 25.8 Å². The number of carbonyl (C=O) groups excluding carboxylic acids is 2. The van der Waals surface area contributed by atoms with Gasteiger partial charge in [-0.1, -0.05) is 13.8 Å². The average molecular weight is 153 g/mol. The monoisotopic (exact) mass is 153 g/mol. The van der Waals surface area contributed by atoms with Crippen LogP contribution in [-0.4, -0.2) is 17.2 Å². The largest absolute Gasteiger partial charge is 0.343 e. The highest BCUT2D eigenvalue weighted by Crippen LogP contribution is 2.52. The van der Waals surface area contributed by atoms with Crippen LogP contribution < -0.4 is 5.32 Å². The van der Waals surface area contributed by atoms with Gasteiger partial charge in [0.1, 0.15) is 5.54 Å². The molecule has 60 valence electrons. The van der Waals surface area contributed by atoms with Crippen LogP contribution in [0.4, 0.5) is 0 Å². The molecular weight excluding hydrogens is 142 g/mol. The van der Waals surface area contributed by atoms with Gasteiger partial charge in [0.15, 0.2) is 5.78 Å². The average Bonchev–Trinajstić information content (AvgIpc) is 2.36. The van der Waals surface area contributed by atoms with Gasteiger partial charge in [-0.05, 0) is 11.8 Å². The van der Waals surface area contributed by atoms with Gasteiger partial charge in [-0.2, -0.15) is 0 Å². The molecule has 1 aliphatic carbocycles. The molecule has 2 aliphatic rings. The third-order valence-corrected chi connectivity index (χ3v) is 3.21. The molecule has 1 saturated heterocycles. The first kappa shape index (κ1) is 6.83. The van der Waals surface area contributed by atoms with Gasteiger partial charge < -0.3 is 5.32 Å². The molecule has 11 heavy (non-hydrogen) atoms. The third kappa shape index (κ3) is 0.588. The minimum atomic E-state index is -0.447. The van der Waals surface area contributed by atoms with E-state index < -0.39 is 5.54 Å². The molecule has 1 spiro atoms. The number of ketones is 1.